The molecule has 1 aromatic rings. The number of carbonyl (C=O) groups is 1. The summed E-state index contributed by atoms with van der Waals surface area (Å²) in [6.45, 7) is 2.59. The van der Waals surface area contributed by atoms with Gasteiger partial charge >= 0.3 is 0 Å². The number of nitrogens with two attached hydrogens (primary N) is 2. The molecule has 0 heterocycles. The number of hydrogen-bond acceptors (Lipinski definition) is 4. The summed E-state index contributed by atoms with van der Waals surface area (Å²) < 4.78 is 0. The number of nitrogens with zero attached hydrogens (tertiary/aromatic N) is 1. The van der Waals surface area contributed by atoms with Crippen molar-refractivity contribution < 1.29 is 4.79 Å². The molecule has 0 unspecified atom stereocenters. The fraction of sp³-hybridized carbons (Fsp3) is 0.300. The van der Waals surface area contributed by atoms with E-state index in [1.807, 2.05) is 12.1 Å². The van der Waals surface area contributed by atoms with E-state index in [1.165, 1.54) is 11.9 Å². The van der Waals surface area contributed by atoms with Crippen LogP contribution < -0.4 is 16.6 Å². The van der Waals surface area contributed by atoms with Crippen molar-refractivity contribution in [2.24, 2.45) is 11.6 Å². The fourth-order valence-electron chi connectivity index (χ4n) is 1.17. The molecular formula is C10H15N3O. The van der Waals surface area contributed by atoms with Crippen molar-refractivity contribution in [1.82, 2.24) is 0 Å². The van der Waals surface area contributed by atoms with Crippen LogP contribution in [0.1, 0.15) is 17.3 Å². The van der Waals surface area contributed by atoms with Crippen molar-refractivity contribution >= 4 is 11.5 Å². The first-order valence-corrected chi connectivity index (χ1v) is 4.48. The van der Waals surface area contributed by atoms with Crippen molar-refractivity contribution in [3.8, 4) is 0 Å². The highest BCUT2D eigenvalue weighted by Gasteiger charge is 2.03. The van der Waals surface area contributed by atoms with Gasteiger partial charge in [-0.05, 0) is 19.1 Å². The van der Waals surface area contributed by atoms with Gasteiger partial charge < -0.3 is 10.7 Å². The van der Waals surface area contributed by atoms with Gasteiger partial charge in [-0.15, -0.1) is 0 Å². The van der Waals surface area contributed by atoms with Crippen LogP contribution in [0.25, 0.3) is 0 Å². The van der Waals surface area contributed by atoms with Crippen molar-refractivity contribution in [3.63, 3.8) is 0 Å². The van der Waals surface area contributed by atoms with Gasteiger partial charge in [-0.2, -0.15) is 0 Å². The summed E-state index contributed by atoms with van der Waals surface area (Å²) in [5.41, 5.74) is 6.85. The molecule has 0 aromatic heterocycles. The average molecular weight is 193 g/mol. The van der Waals surface area contributed by atoms with Gasteiger partial charge in [0.15, 0.2) is 5.78 Å². The highest BCUT2D eigenvalue weighted by molar-refractivity contribution is 5.94. The molecule has 0 atom stereocenters. The number of benzene rings is 1. The maximum atomic E-state index is 11.1. The minimum absolute atomic E-state index is 0.0352. The van der Waals surface area contributed by atoms with Crippen molar-refractivity contribution in [1.29, 1.82) is 0 Å². The van der Waals surface area contributed by atoms with Crippen molar-refractivity contribution in [2.45, 2.75) is 6.92 Å². The zero-order valence-corrected chi connectivity index (χ0v) is 8.23. The Hall–Kier alpha value is -1.39. The smallest absolute Gasteiger partial charge is 0.159 e. The molecule has 0 aliphatic rings. The Morgan fingerprint density at radius 1 is 1.50 bits per heavy atom. The summed E-state index contributed by atoms with van der Waals surface area (Å²) in [6.07, 6.45) is 0. The van der Waals surface area contributed by atoms with Crippen molar-refractivity contribution in [2.75, 3.05) is 18.1 Å². The molecule has 14 heavy (non-hydrogen) atoms. The molecule has 0 saturated heterocycles. The Morgan fingerprint density at radius 3 is 2.79 bits per heavy atom. The third-order valence-corrected chi connectivity index (χ3v) is 1.95. The van der Waals surface area contributed by atoms with Gasteiger partial charge in [0.2, 0.25) is 0 Å². The zero-order valence-electron chi connectivity index (χ0n) is 8.23. The standard InChI is InChI=1S/C10H15N3O/c1-8(14)9-3-2-4-10(7-9)13(12)6-5-11/h2-4,7H,5-6,11-12H2,1H3. The van der Waals surface area contributed by atoms with Crippen LogP contribution >= 0.6 is 0 Å². The van der Waals surface area contributed by atoms with Crippen LogP contribution in [0.2, 0.25) is 0 Å². The number of hydrogen-bond donors (Lipinski definition) is 2. The molecule has 76 valence electrons. The van der Waals surface area contributed by atoms with E-state index < -0.39 is 0 Å². The molecule has 0 aliphatic carbocycles. The van der Waals surface area contributed by atoms with E-state index in [9.17, 15) is 4.79 Å². The van der Waals surface area contributed by atoms with Gasteiger partial charge in [0, 0.05) is 18.7 Å². The SMILES string of the molecule is CC(=O)c1cccc(N(N)CCN)c1. The minimum atomic E-state index is 0.0352. The minimum Gasteiger partial charge on any atom is -0.329 e. The van der Waals surface area contributed by atoms with Gasteiger partial charge in [0.25, 0.3) is 0 Å². The summed E-state index contributed by atoms with van der Waals surface area (Å²) in [5, 5.41) is 1.53. The third kappa shape index (κ3) is 2.55. The first kappa shape index (κ1) is 10.7. The number of rotatable bonds is 4. The van der Waals surface area contributed by atoms with Gasteiger partial charge in [0.05, 0.1) is 5.69 Å². The highest BCUT2D eigenvalue weighted by atomic mass is 16.1. The molecule has 0 bridgehead atoms. The first-order valence-electron chi connectivity index (χ1n) is 4.48. The number of anilines is 1. The lowest BCUT2D eigenvalue weighted by Gasteiger charge is -2.17. The van der Waals surface area contributed by atoms with Gasteiger partial charge in [0.1, 0.15) is 0 Å². The van der Waals surface area contributed by atoms with Crippen molar-refractivity contribution in [3.05, 3.63) is 29.8 Å². The number of Topliss-reactive ketones (excluding diaryl/α,β-unsaturated/α-hetero) is 1. The van der Waals surface area contributed by atoms with E-state index in [1.54, 1.807) is 12.1 Å². The molecule has 4 heteroatoms. The van der Waals surface area contributed by atoms with E-state index >= 15 is 0 Å². The second-order valence-corrected chi connectivity index (χ2v) is 3.09. The topological polar surface area (TPSA) is 72.3 Å². The first-order chi connectivity index (χ1) is 6.65. The highest BCUT2D eigenvalue weighted by Crippen LogP contribution is 2.13. The van der Waals surface area contributed by atoms with E-state index in [0.717, 1.165) is 5.69 Å². The monoisotopic (exact) mass is 193 g/mol. The maximum Gasteiger partial charge on any atom is 0.159 e. The molecular weight excluding hydrogens is 178 g/mol. The summed E-state index contributed by atoms with van der Waals surface area (Å²) in [6, 6.07) is 7.19. The number of ketones is 1. The Labute approximate surface area is 83.5 Å². The van der Waals surface area contributed by atoms with Gasteiger partial charge in [-0.1, -0.05) is 12.1 Å². The second kappa shape index (κ2) is 4.74. The third-order valence-electron chi connectivity index (χ3n) is 1.95. The van der Waals surface area contributed by atoms with Crippen LogP contribution in [0.4, 0.5) is 5.69 Å². The lowest BCUT2D eigenvalue weighted by atomic mass is 10.1. The quantitative estimate of drug-likeness (QED) is 0.415. The number of hydrazine groups is 1. The Bertz CT molecular complexity index is 325. The van der Waals surface area contributed by atoms with E-state index in [0.29, 0.717) is 18.7 Å². The molecule has 0 aliphatic heterocycles. The van der Waals surface area contributed by atoms with Gasteiger partial charge in [-0.25, -0.2) is 5.84 Å². The Morgan fingerprint density at radius 2 is 2.21 bits per heavy atom. The fourth-order valence-corrected chi connectivity index (χ4v) is 1.17. The molecule has 0 amide bonds. The Kier molecular flexibility index (Phi) is 3.62. The molecule has 0 spiro atoms. The Balaban J connectivity index is 2.87. The predicted molar refractivity (Wildman–Crippen MR) is 57.0 cm³/mol. The summed E-state index contributed by atoms with van der Waals surface area (Å²) >= 11 is 0. The second-order valence-electron chi connectivity index (χ2n) is 3.09. The average Bonchev–Trinajstić information content (AvgIpc) is 2.18. The normalized spacial score (nSPS) is 9.93. The molecule has 0 fully saturated rings. The molecule has 0 saturated carbocycles. The van der Waals surface area contributed by atoms with E-state index in [2.05, 4.69) is 0 Å². The largest absolute Gasteiger partial charge is 0.329 e. The lowest BCUT2D eigenvalue weighted by molar-refractivity contribution is 0.101. The zero-order chi connectivity index (χ0) is 10.6. The maximum absolute atomic E-state index is 11.1. The molecule has 0 radical (unpaired) electrons. The van der Waals surface area contributed by atoms with E-state index in [-0.39, 0.29) is 5.78 Å². The molecule has 4 N–H and O–H groups in total. The van der Waals surface area contributed by atoms with Crippen LogP contribution in [-0.4, -0.2) is 18.9 Å². The summed E-state index contributed by atoms with van der Waals surface area (Å²) in [4.78, 5) is 11.1. The van der Waals surface area contributed by atoms with E-state index in [4.69, 9.17) is 11.6 Å². The molecule has 1 aromatic carbocycles. The van der Waals surface area contributed by atoms with Crippen LogP contribution in [0, 0.1) is 0 Å². The number of carbonyl (C=O) groups excluding carboxylic acids is 1. The predicted octanol–water partition coefficient (Wildman–Crippen LogP) is 0.528. The van der Waals surface area contributed by atoms with Gasteiger partial charge in [-0.3, -0.25) is 4.79 Å². The van der Waals surface area contributed by atoms with Crippen LogP contribution in [-0.2, 0) is 0 Å². The van der Waals surface area contributed by atoms with Crippen LogP contribution in [0.15, 0.2) is 24.3 Å². The molecule has 1 rings (SSSR count). The summed E-state index contributed by atoms with van der Waals surface area (Å²) in [5.74, 6) is 5.75. The van der Waals surface area contributed by atoms with Crippen LogP contribution in [0.3, 0.4) is 0 Å². The molecule has 4 nitrogen and oxygen atoms in total. The summed E-state index contributed by atoms with van der Waals surface area (Å²) in [7, 11) is 0. The van der Waals surface area contributed by atoms with Crippen LogP contribution in [0.5, 0.6) is 0 Å². The lowest BCUT2D eigenvalue weighted by Crippen LogP contribution is -2.35.